The lowest BCUT2D eigenvalue weighted by molar-refractivity contribution is -0.116. The van der Waals surface area contributed by atoms with Crippen molar-refractivity contribution in [3.8, 4) is 0 Å². The number of aliphatic imine (C=N–C) groups is 1. The van der Waals surface area contributed by atoms with E-state index in [2.05, 4.69) is 36.5 Å². The van der Waals surface area contributed by atoms with E-state index < -0.39 is 0 Å². The van der Waals surface area contributed by atoms with E-state index in [-0.39, 0.29) is 29.9 Å². The zero-order chi connectivity index (χ0) is 18.2. The molecule has 146 valence electrons. The van der Waals surface area contributed by atoms with Gasteiger partial charge in [0.05, 0.1) is 6.61 Å². The van der Waals surface area contributed by atoms with Crippen LogP contribution in [0.3, 0.4) is 0 Å². The molecule has 1 aromatic rings. The Morgan fingerprint density at radius 3 is 2.85 bits per heavy atom. The molecule has 1 unspecified atom stereocenters. The van der Waals surface area contributed by atoms with Gasteiger partial charge in [0.15, 0.2) is 5.96 Å². The second-order valence-corrected chi connectivity index (χ2v) is 7.26. The largest absolute Gasteiger partial charge is 0.381 e. The maximum absolute atomic E-state index is 12.1. The Morgan fingerprint density at radius 1 is 1.46 bits per heavy atom. The summed E-state index contributed by atoms with van der Waals surface area (Å²) in [4.78, 5) is 18.5. The van der Waals surface area contributed by atoms with Crippen molar-refractivity contribution >= 4 is 57.5 Å². The number of benzene rings is 1. The Balaban J connectivity index is 0.00000338. The highest BCUT2D eigenvalue weighted by atomic mass is 127. The van der Waals surface area contributed by atoms with Crippen molar-refractivity contribution < 1.29 is 9.53 Å². The summed E-state index contributed by atoms with van der Waals surface area (Å²) in [5.74, 6) is 1.34. The summed E-state index contributed by atoms with van der Waals surface area (Å²) in [7, 11) is 3.77. The maximum Gasteiger partial charge on any atom is 0.226 e. The van der Waals surface area contributed by atoms with Crippen molar-refractivity contribution in [1.29, 1.82) is 0 Å². The number of nitrogens with one attached hydrogen (secondary N) is 2. The summed E-state index contributed by atoms with van der Waals surface area (Å²) >= 11 is 3.42. The Hall–Kier alpha value is -0.870. The van der Waals surface area contributed by atoms with E-state index in [0.717, 1.165) is 47.9 Å². The number of amides is 1. The molecule has 1 fully saturated rings. The number of carbonyl (C=O) groups excluding carboxylic acids is 1. The lowest BCUT2D eigenvalue weighted by Crippen LogP contribution is -2.42. The predicted octanol–water partition coefficient (Wildman–Crippen LogP) is 3.25. The fraction of sp³-hybridized carbons (Fsp3) is 0.556. The Labute approximate surface area is 181 Å². The number of anilines is 1. The number of hydrogen-bond donors (Lipinski definition) is 2. The normalized spacial score (nSPS) is 16.8. The molecule has 0 saturated carbocycles. The van der Waals surface area contributed by atoms with Crippen LogP contribution in [0.25, 0.3) is 0 Å². The molecule has 2 N–H and O–H groups in total. The van der Waals surface area contributed by atoms with Crippen LogP contribution in [-0.4, -0.2) is 57.2 Å². The minimum Gasteiger partial charge on any atom is -0.381 e. The van der Waals surface area contributed by atoms with Crippen LogP contribution in [0, 0.1) is 12.8 Å². The molecule has 0 aromatic heterocycles. The standard InChI is InChI=1S/C18H27BrN4O2.HI/c1-13-10-15(19)4-5-16(13)22-17(24)6-8-21-18(20-2)23(3)11-14-7-9-25-12-14;/h4-5,10,14H,6-9,11-12H2,1-3H3,(H,20,21)(H,22,24);1H. The van der Waals surface area contributed by atoms with Crippen LogP contribution in [0.4, 0.5) is 5.69 Å². The van der Waals surface area contributed by atoms with Gasteiger partial charge in [0.1, 0.15) is 0 Å². The Kier molecular flexibility index (Phi) is 10.5. The fourth-order valence-corrected chi connectivity index (χ4v) is 3.33. The first kappa shape index (κ1) is 23.2. The van der Waals surface area contributed by atoms with Crippen molar-refractivity contribution in [2.24, 2.45) is 10.9 Å². The van der Waals surface area contributed by atoms with Crippen molar-refractivity contribution in [1.82, 2.24) is 10.2 Å². The fourth-order valence-electron chi connectivity index (χ4n) is 2.85. The molecule has 26 heavy (non-hydrogen) atoms. The van der Waals surface area contributed by atoms with Gasteiger partial charge in [0.25, 0.3) is 0 Å². The van der Waals surface area contributed by atoms with Crippen molar-refractivity contribution in [2.75, 3.05) is 45.7 Å². The minimum absolute atomic E-state index is 0. The third-order valence-corrected chi connectivity index (χ3v) is 4.72. The van der Waals surface area contributed by atoms with Crippen LogP contribution in [0.2, 0.25) is 0 Å². The molecule has 1 atom stereocenters. The van der Waals surface area contributed by atoms with E-state index in [1.807, 2.05) is 32.2 Å². The zero-order valence-electron chi connectivity index (χ0n) is 15.5. The van der Waals surface area contributed by atoms with Crippen LogP contribution in [0.15, 0.2) is 27.7 Å². The summed E-state index contributed by atoms with van der Waals surface area (Å²) in [5, 5.41) is 6.20. The highest BCUT2D eigenvalue weighted by Gasteiger charge is 2.19. The molecule has 1 aliphatic rings. The van der Waals surface area contributed by atoms with Crippen molar-refractivity contribution in [3.63, 3.8) is 0 Å². The number of nitrogens with zero attached hydrogens (tertiary/aromatic N) is 2. The van der Waals surface area contributed by atoms with Gasteiger partial charge < -0.3 is 20.3 Å². The topological polar surface area (TPSA) is 66.0 Å². The van der Waals surface area contributed by atoms with Gasteiger partial charge in [-0.25, -0.2) is 0 Å². The summed E-state index contributed by atoms with van der Waals surface area (Å²) in [5.41, 5.74) is 1.88. The van der Waals surface area contributed by atoms with Crippen LogP contribution >= 0.6 is 39.9 Å². The molecular weight excluding hydrogens is 511 g/mol. The second kappa shape index (κ2) is 11.8. The summed E-state index contributed by atoms with van der Waals surface area (Å²) < 4.78 is 6.42. The number of rotatable bonds is 6. The number of aryl methyl sites for hydroxylation is 1. The molecule has 6 nitrogen and oxygen atoms in total. The SMILES string of the molecule is CN=C(NCCC(=O)Nc1ccc(Br)cc1C)N(C)CC1CCOC1.I. The average molecular weight is 539 g/mol. The first-order valence-electron chi connectivity index (χ1n) is 8.55. The van der Waals surface area contributed by atoms with Gasteiger partial charge >= 0.3 is 0 Å². The van der Waals surface area contributed by atoms with E-state index >= 15 is 0 Å². The molecule has 1 heterocycles. The number of hydrogen-bond acceptors (Lipinski definition) is 3. The van der Waals surface area contributed by atoms with E-state index in [1.54, 1.807) is 7.05 Å². The average Bonchev–Trinajstić information content (AvgIpc) is 3.07. The molecular formula is C18H28BrIN4O2. The molecule has 1 aliphatic heterocycles. The quantitative estimate of drug-likeness (QED) is 0.331. The molecule has 0 radical (unpaired) electrons. The lowest BCUT2D eigenvalue weighted by Gasteiger charge is -2.24. The number of halogens is 2. The van der Waals surface area contributed by atoms with E-state index in [1.165, 1.54) is 0 Å². The van der Waals surface area contributed by atoms with Crippen molar-refractivity contribution in [3.05, 3.63) is 28.2 Å². The Morgan fingerprint density at radius 2 is 2.23 bits per heavy atom. The monoisotopic (exact) mass is 538 g/mol. The van der Waals surface area contributed by atoms with Gasteiger partial charge in [-0.1, -0.05) is 15.9 Å². The third kappa shape index (κ3) is 7.40. The summed E-state index contributed by atoms with van der Waals surface area (Å²) in [6.45, 7) is 5.09. The number of carbonyl (C=O) groups is 1. The minimum atomic E-state index is -0.0137. The van der Waals surface area contributed by atoms with Gasteiger partial charge in [0.2, 0.25) is 5.91 Å². The Bertz CT molecular complexity index is 621. The smallest absolute Gasteiger partial charge is 0.226 e. The van der Waals surface area contributed by atoms with Gasteiger partial charge in [-0.2, -0.15) is 0 Å². The van der Waals surface area contributed by atoms with Crippen LogP contribution < -0.4 is 10.6 Å². The van der Waals surface area contributed by atoms with Gasteiger partial charge in [0, 0.05) is 56.3 Å². The molecule has 0 spiro atoms. The molecule has 8 heteroatoms. The van der Waals surface area contributed by atoms with Gasteiger partial charge in [-0.15, -0.1) is 24.0 Å². The van der Waals surface area contributed by atoms with E-state index in [0.29, 0.717) is 18.9 Å². The summed E-state index contributed by atoms with van der Waals surface area (Å²) in [6, 6.07) is 5.81. The maximum atomic E-state index is 12.1. The number of guanidine groups is 1. The second-order valence-electron chi connectivity index (χ2n) is 6.34. The van der Waals surface area contributed by atoms with Crippen LogP contribution in [0.5, 0.6) is 0 Å². The predicted molar refractivity (Wildman–Crippen MR) is 120 cm³/mol. The first-order chi connectivity index (χ1) is 12.0. The number of ether oxygens (including phenoxy) is 1. The van der Waals surface area contributed by atoms with E-state index in [4.69, 9.17) is 4.74 Å². The molecule has 1 aromatic carbocycles. The lowest BCUT2D eigenvalue weighted by atomic mass is 10.1. The highest BCUT2D eigenvalue weighted by Crippen LogP contribution is 2.20. The van der Waals surface area contributed by atoms with Crippen LogP contribution in [-0.2, 0) is 9.53 Å². The molecule has 1 amide bonds. The zero-order valence-corrected chi connectivity index (χ0v) is 19.5. The first-order valence-corrected chi connectivity index (χ1v) is 9.34. The van der Waals surface area contributed by atoms with Crippen molar-refractivity contribution in [2.45, 2.75) is 19.8 Å². The van der Waals surface area contributed by atoms with Gasteiger partial charge in [-0.3, -0.25) is 9.79 Å². The molecule has 2 rings (SSSR count). The van der Waals surface area contributed by atoms with Gasteiger partial charge in [-0.05, 0) is 37.1 Å². The molecule has 0 bridgehead atoms. The van der Waals surface area contributed by atoms with E-state index in [9.17, 15) is 4.79 Å². The third-order valence-electron chi connectivity index (χ3n) is 4.23. The van der Waals surface area contributed by atoms with Crippen LogP contribution in [0.1, 0.15) is 18.4 Å². The highest BCUT2D eigenvalue weighted by molar-refractivity contribution is 14.0. The molecule has 0 aliphatic carbocycles. The summed E-state index contributed by atoms with van der Waals surface area (Å²) in [6.07, 6.45) is 1.48. The molecule has 1 saturated heterocycles.